The van der Waals surface area contributed by atoms with E-state index in [1.807, 2.05) is 12.2 Å². The Bertz CT molecular complexity index is 334. The highest BCUT2D eigenvalue weighted by Crippen LogP contribution is 2.01. The van der Waals surface area contributed by atoms with Gasteiger partial charge in [0.15, 0.2) is 0 Å². The van der Waals surface area contributed by atoms with Crippen molar-refractivity contribution in [2.45, 2.75) is 6.42 Å². The van der Waals surface area contributed by atoms with Crippen molar-refractivity contribution in [3.8, 4) is 0 Å². The van der Waals surface area contributed by atoms with Gasteiger partial charge in [-0.3, -0.25) is 0 Å². The molecular weight excluding hydrogens is 200 g/mol. The third kappa shape index (κ3) is 3.77. The molecule has 2 amide bonds. The van der Waals surface area contributed by atoms with E-state index in [-0.39, 0.29) is 7.46 Å². The highest BCUT2D eigenvalue weighted by Gasteiger charge is 2.12. The molecule has 0 aromatic heterocycles. The van der Waals surface area contributed by atoms with Crippen LogP contribution < -0.4 is 5.32 Å². The minimum Gasteiger partial charge on any atom is -0.334 e. The smallest absolute Gasteiger partial charge is 0.317 e. The second-order valence-corrected chi connectivity index (χ2v) is 3.55. The molecule has 0 saturated heterocycles. The fourth-order valence-electron chi connectivity index (χ4n) is 1.47. The van der Waals surface area contributed by atoms with Crippen molar-refractivity contribution in [2.75, 3.05) is 19.6 Å². The van der Waals surface area contributed by atoms with Crippen molar-refractivity contribution in [3.05, 3.63) is 49.1 Å². The summed E-state index contributed by atoms with van der Waals surface area (Å²) in [6.45, 7) is 9.27. The number of amides is 2. The van der Waals surface area contributed by atoms with E-state index in [0.717, 1.165) is 18.5 Å². The Hall–Kier alpha value is -1.77. The molecule has 0 saturated carbocycles. The Kier molecular flexibility index (Phi) is 5.12. The van der Waals surface area contributed by atoms with Crippen LogP contribution in [0.2, 0.25) is 0 Å². The first-order valence-corrected chi connectivity index (χ1v) is 5.39. The average molecular weight is 220 g/mol. The van der Waals surface area contributed by atoms with Gasteiger partial charge in [-0.2, -0.15) is 0 Å². The molecule has 0 unspecified atom stereocenters. The lowest BCUT2D eigenvalue weighted by molar-refractivity contribution is 0.203. The van der Waals surface area contributed by atoms with Crippen LogP contribution in [0.4, 0.5) is 4.79 Å². The van der Waals surface area contributed by atoms with Gasteiger partial charge < -0.3 is 10.2 Å². The van der Waals surface area contributed by atoms with E-state index < -0.39 is 0 Å². The summed E-state index contributed by atoms with van der Waals surface area (Å²) in [6.07, 6.45) is 10.3. The first-order chi connectivity index (χ1) is 7.77. The maximum atomic E-state index is 11.7. The molecule has 1 rings (SSSR count). The van der Waals surface area contributed by atoms with Crippen LogP contribution in [0.15, 0.2) is 49.1 Å². The van der Waals surface area contributed by atoms with Gasteiger partial charge in [0.1, 0.15) is 0 Å². The number of nitrogens with one attached hydrogen (secondary N) is 1. The van der Waals surface area contributed by atoms with Crippen molar-refractivity contribution in [1.82, 2.24) is 10.2 Å². The second-order valence-electron chi connectivity index (χ2n) is 3.55. The van der Waals surface area contributed by atoms with E-state index in [4.69, 9.17) is 0 Å². The minimum absolute atomic E-state index is 0. The number of hydrogen-bond donors (Lipinski definition) is 1. The number of urea groups is 1. The zero-order chi connectivity index (χ0) is 11.8. The molecule has 0 aromatic rings. The lowest BCUT2D eigenvalue weighted by atomic mass is 10.2. The zero-order valence-corrected chi connectivity index (χ0v) is 9.48. The third-order valence-corrected chi connectivity index (χ3v) is 2.38. The summed E-state index contributed by atoms with van der Waals surface area (Å²) in [6, 6.07) is -0.0267. The van der Waals surface area contributed by atoms with E-state index in [1.165, 1.54) is 0 Å². The van der Waals surface area contributed by atoms with Crippen molar-refractivity contribution in [3.63, 3.8) is 0 Å². The molecule has 0 radical (unpaired) electrons. The SMILES string of the molecule is C=C/C=C(\C=C)CNC(=O)N1CC=CCC1.[HH]. The van der Waals surface area contributed by atoms with Crippen molar-refractivity contribution >= 4 is 6.03 Å². The first kappa shape index (κ1) is 12.3. The zero-order valence-electron chi connectivity index (χ0n) is 9.48. The monoisotopic (exact) mass is 220 g/mol. The summed E-state index contributed by atoms with van der Waals surface area (Å²) in [5.74, 6) is 0. The molecule has 16 heavy (non-hydrogen) atoms. The van der Waals surface area contributed by atoms with E-state index >= 15 is 0 Å². The lowest BCUT2D eigenvalue weighted by Gasteiger charge is -2.23. The average Bonchev–Trinajstić information content (AvgIpc) is 2.35. The molecule has 0 aliphatic carbocycles. The highest BCUT2D eigenvalue weighted by atomic mass is 16.2. The van der Waals surface area contributed by atoms with E-state index in [2.05, 4.69) is 24.6 Å². The molecule has 0 fully saturated rings. The molecule has 88 valence electrons. The molecule has 0 atom stereocenters. The standard InChI is InChI=1S/C13H18N2O.H2/c1-3-8-12(4-2)11-14-13(16)15-9-6-5-7-10-15;/h3-6,8H,1-2,7,9-11H2,(H,14,16);1H/b12-8+;. The van der Waals surface area contributed by atoms with Crippen LogP contribution in [0.3, 0.4) is 0 Å². The van der Waals surface area contributed by atoms with Gasteiger partial charge in [-0.05, 0) is 12.0 Å². The predicted molar refractivity (Wildman–Crippen MR) is 69.3 cm³/mol. The molecule has 0 aromatic carbocycles. The normalized spacial score (nSPS) is 15.8. The number of allylic oxidation sites excluding steroid dienone is 2. The molecule has 0 spiro atoms. The summed E-state index contributed by atoms with van der Waals surface area (Å²) in [5, 5.41) is 2.85. The van der Waals surface area contributed by atoms with Crippen molar-refractivity contribution < 1.29 is 6.22 Å². The molecule has 1 aliphatic rings. The maximum absolute atomic E-state index is 11.7. The Morgan fingerprint density at radius 3 is 2.88 bits per heavy atom. The molecule has 1 heterocycles. The Morgan fingerprint density at radius 2 is 2.31 bits per heavy atom. The van der Waals surface area contributed by atoms with Gasteiger partial charge in [-0.1, -0.05) is 43.5 Å². The van der Waals surface area contributed by atoms with E-state index in [0.29, 0.717) is 13.1 Å². The van der Waals surface area contributed by atoms with E-state index in [9.17, 15) is 4.79 Å². The van der Waals surface area contributed by atoms with Crippen LogP contribution in [0, 0.1) is 0 Å². The molecule has 1 N–H and O–H groups in total. The number of nitrogens with zero attached hydrogens (tertiary/aromatic N) is 1. The molecule has 3 heteroatoms. The van der Waals surface area contributed by atoms with Crippen LogP contribution in [-0.2, 0) is 0 Å². The number of carbonyl (C=O) groups is 1. The minimum atomic E-state index is -0.0267. The van der Waals surface area contributed by atoms with Gasteiger partial charge in [-0.25, -0.2) is 4.79 Å². The summed E-state index contributed by atoms with van der Waals surface area (Å²) >= 11 is 0. The number of hydrogen-bond acceptors (Lipinski definition) is 1. The van der Waals surface area contributed by atoms with Gasteiger partial charge >= 0.3 is 6.03 Å². The van der Waals surface area contributed by atoms with Crippen molar-refractivity contribution in [1.29, 1.82) is 0 Å². The quantitative estimate of drug-likeness (QED) is 0.573. The first-order valence-electron chi connectivity index (χ1n) is 5.39. The largest absolute Gasteiger partial charge is 0.334 e. The molecular formula is C13H20N2O. The van der Waals surface area contributed by atoms with Crippen LogP contribution in [0.5, 0.6) is 0 Å². The Balaban J connectivity index is 0.00000256. The van der Waals surface area contributed by atoms with Crippen LogP contribution in [-0.4, -0.2) is 30.6 Å². The third-order valence-electron chi connectivity index (χ3n) is 2.38. The number of rotatable bonds is 4. The van der Waals surface area contributed by atoms with Gasteiger partial charge in [0.25, 0.3) is 0 Å². The van der Waals surface area contributed by atoms with Gasteiger partial charge in [0.05, 0.1) is 0 Å². The fourth-order valence-corrected chi connectivity index (χ4v) is 1.47. The molecule has 3 nitrogen and oxygen atoms in total. The van der Waals surface area contributed by atoms with Gasteiger partial charge in [0.2, 0.25) is 0 Å². The summed E-state index contributed by atoms with van der Waals surface area (Å²) in [7, 11) is 0. The maximum Gasteiger partial charge on any atom is 0.317 e. The van der Waals surface area contributed by atoms with E-state index in [1.54, 1.807) is 17.1 Å². The highest BCUT2D eigenvalue weighted by molar-refractivity contribution is 5.74. The Morgan fingerprint density at radius 1 is 1.50 bits per heavy atom. The second kappa shape index (κ2) is 6.67. The van der Waals surface area contributed by atoms with Crippen LogP contribution in [0.25, 0.3) is 0 Å². The predicted octanol–water partition coefficient (Wildman–Crippen LogP) is 2.50. The van der Waals surface area contributed by atoms with Gasteiger partial charge in [0, 0.05) is 21.1 Å². The summed E-state index contributed by atoms with van der Waals surface area (Å²) in [4.78, 5) is 13.5. The summed E-state index contributed by atoms with van der Waals surface area (Å²) < 4.78 is 0. The van der Waals surface area contributed by atoms with Gasteiger partial charge in [-0.15, -0.1) is 0 Å². The van der Waals surface area contributed by atoms with Crippen molar-refractivity contribution in [2.24, 2.45) is 0 Å². The fraction of sp³-hybridized carbons (Fsp3) is 0.308. The lowest BCUT2D eigenvalue weighted by Crippen LogP contribution is -2.42. The topological polar surface area (TPSA) is 32.3 Å². The Labute approximate surface area is 98.3 Å². The molecule has 0 bridgehead atoms. The van der Waals surface area contributed by atoms with Crippen LogP contribution in [0.1, 0.15) is 7.85 Å². The summed E-state index contributed by atoms with van der Waals surface area (Å²) in [5.41, 5.74) is 0.955. The van der Waals surface area contributed by atoms with Crippen LogP contribution >= 0.6 is 0 Å². The number of carbonyl (C=O) groups excluding carboxylic acids is 1. The molecule has 1 aliphatic heterocycles.